The first-order valence-corrected chi connectivity index (χ1v) is 12.0. The van der Waals surface area contributed by atoms with Gasteiger partial charge in [-0.2, -0.15) is 16.8 Å². The van der Waals surface area contributed by atoms with Crippen LogP contribution < -0.4 is 0 Å². The summed E-state index contributed by atoms with van der Waals surface area (Å²) in [6.45, 7) is 2.21. The predicted molar refractivity (Wildman–Crippen MR) is 102 cm³/mol. The Hall–Kier alpha value is -0.960. The van der Waals surface area contributed by atoms with E-state index < -0.39 is 20.5 Å². The number of rotatable bonds is 14. The summed E-state index contributed by atoms with van der Waals surface area (Å²) in [6, 6.07) is 6.10. The second kappa shape index (κ2) is 11.7. The lowest BCUT2D eigenvalue weighted by Crippen LogP contribution is -2.14. The van der Waals surface area contributed by atoms with Crippen LogP contribution >= 0.6 is 0 Å². The van der Waals surface area contributed by atoms with Crippen molar-refractivity contribution < 1.29 is 25.0 Å². The molecule has 0 bridgehead atoms. The third kappa shape index (κ3) is 9.66. The van der Waals surface area contributed by atoms with Crippen LogP contribution in [0, 0.1) is 0 Å². The van der Waals surface area contributed by atoms with Gasteiger partial charge in [0, 0.05) is 0 Å². The molecule has 1 aromatic rings. The number of benzene rings is 1. The highest BCUT2D eigenvalue weighted by atomic mass is 32.3. The van der Waals surface area contributed by atoms with Crippen molar-refractivity contribution in [2.45, 2.75) is 82.4 Å². The Kier molecular flexibility index (Phi) is 10.4. The van der Waals surface area contributed by atoms with Crippen molar-refractivity contribution >= 4 is 20.5 Å². The Morgan fingerprint density at radius 1 is 0.808 bits per heavy atom. The minimum atomic E-state index is -5.08. The molecule has 0 aliphatic carbocycles. The zero-order chi connectivity index (χ0) is 19.5. The largest absolute Gasteiger partial charge is 0.412 e. The second-order valence-electron chi connectivity index (χ2n) is 6.49. The van der Waals surface area contributed by atoms with E-state index in [1.54, 1.807) is 12.1 Å². The molecule has 0 heterocycles. The van der Waals surface area contributed by atoms with Crippen molar-refractivity contribution in [3.63, 3.8) is 0 Å². The molecule has 6 nitrogen and oxygen atoms in total. The average Bonchev–Trinajstić information content (AvgIpc) is 2.55. The van der Waals surface area contributed by atoms with E-state index in [4.69, 9.17) is 4.55 Å². The van der Waals surface area contributed by atoms with E-state index in [0.717, 1.165) is 19.3 Å². The molecule has 0 aliphatic rings. The lowest BCUT2D eigenvalue weighted by atomic mass is 10.0. The first-order chi connectivity index (χ1) is 12.3. The monoisotopic (exact) mass is 406 g/mol. The van der Waals surface area contributed by atoms with Crippen LogP contribution in [0.2, 0.25) is 0 Å². The van der Waals surface area contributed by atoms with Crippen molar-refractivity contribution in [2.75, 3.05) is 0 Å². The van der Waals surface area contributed by atoms with E-state index in [2.05, 4.69) is 10.6 Å². The fraction of sp³-hybridized carbons (Fsp3) is 0.667. The van der Waals surface area contributed by atoms with Gasteiger partial charge < -0.3 is 0 Å². The molecule has 0 saturated carbocycles. The Balaban J connectivity index is 2.40. The third-order valence-corrected chi connectivity index (χ3v) is 6.56. The van der Waals surface area contributed by atoms with Gasteiger partial charge in [-0.15, -0.1) is 3.63 Å². The van der Waals surface area contributed by atoms with Crippen LogP contribution in [0.1, 0.15) is 76.7 Å². The molecule has 1 rings (SSSR count). The second-order valence-corrected chi connectivity index (χ2v) is 9.24. The van der Waals surface area contributed by atoms with Gasteiger partial charge in [-0.1, -0.05) is 82.9 Å². The standard InChI is InChI=1S/C18H30O6S2/c1-2-3-4-5-6-7-8-9-10-11-14-17-15-12-13-16-18(17)25(19,20)24-26(21,22)23/h12-13,15-16H,2-11,14H2,1H3,(H,21,22,23). The van der Waals surface area contributed by atoms with Crippen molar-refractivity contribution in [3.05, 3.63) is 29.8 Å². The van der Waals surface area contributed by atoms with Gasteiger partial charge in [-0.25, -0.2) is 0 Å². The highest BCUT2D eigenvalue weighted by Gasteiger charge is 2.25. The Morgan fingerprint density at radius 2 is 1.31 bits per heavy atom. The first-order valence-electron chi connectivity index (χ1n) is 9.27. The molecule has 0 atom stereocenters. The fourth-order valence-corrected chi connectivity index (χ4v) is 4.84. The molecule has 26 heavy (non-hydrogen) atoms. The number of unbranched alkanes of at least 4 members (excludes halogenated alkanes) is 9. The normalized spacial score (nSPS) is 12.4. The smallest absolute Gasteiger partial charge is 0.263 e. The van der Waals surface area contributed by atoms with Gasteiger partial charge >= 0.3 is 20.5 Å². The number of hydrogen-bond acceptors (Lipinski definition) is 5. The molecule has 0 spiro atoms. The van der Waals surface area contributed by atoms with Crippen molar-refractivity contribution in [2.24, 2.45) is 0 Å². The van der Waals surface area contributed by atoms with Gasteiger partial charge in [0.05, 0.1) is 4.90 Å². The fourth-order valence-electron chi connectivity index (χ4n) is 2.91. The summed E-state index contributed by atoms with van der Waals surface area (Å²) in [5.74, 6) is 0. The van der Waals surface area contributed by atoms with Crippen molar-refractivity contribution in [1.82, 2.24) is 0 Å². The maximum absolute atomic E-state index is 12.0. The van der Waals surface area contributed by atoms with Crippen LogP contribution in [0.4, 0.5) is 0 Å². The molecule has 0 amide bonds. The van der Waals surface area contributed by atoms with E-state index in [1.807, 2.05) is 0 Å². The van der Waals surface area contributed by atoms with Crippen LogP contribution in [0.15, 0.2) is 29.2 Å². The quantitative estimate of drug-likeness (QED) is 0.356. The van der Waals surface area contributed by atoms with Crippen LogP contribution in [0.5, 0.6) is 0 Å². The van der Waals surface area contributed by atoms with E-state index in [0.29, 0.717) is 12.0 Å². The molecule has 8 heteroatoms. The minimum absolute atomic E-state index is 0.214. The average molecular weight is 407 g/mol. The molecular weight excluding hydrogens is 376 g/mol. The van der Waals surface area contributed by atoms with Gasteiger partial charge in [0.25, 0.3) is 0 Å². The highest BCUT2D eigenvalue weighted by molar-refractivity contribution is 7.97. The summed E-state index contributed by atoms with van der Waals surface area (Å²) >= 11 is 0. The summed E-state index contributed by atoms with van der Waals surface area (Å²) in [7, 11) is -9.63. The van der Waals surface area contributed by atoms with E-state index in [1.165, 1.54) is 57.1 Å². The van der Waals surface area contributed by atoms with E-state index >= 15 is 0 Å². The molecule has 1 N–H and O–H groups in total. The molecule has 0 aliphatic heterocycles. The number of hydrogen-bond donors (Lipinski definition) is 1. The Bertz CT molecular complexity index is 726. The molecule has 0 unspecified atom stereocenters. The molecule has 150 valence electrons. The molecule has 0 radical (unpaired) electrons. The lowest BCUT2D eigenvalue weighted by molar-refractivity contribution is 0.383. The predicted octanol–water partition coefficient (Wildman–Crippen LogP) is 4.66. The zero-order valence-corrected chi connectivity index (χ0v) is 17.0. The van der Waals surface area contributed by atoms with Gasteiger partial charge in [0.15, 0.2) is 0 Å². The SMILES string of the molecule is CCCCCCCCCCCCc1ccccc1S(=O)(=O)OS(=O)(=O)O. The molecule has 0 fully saturated rings. The molecule has 0 saturated heterocycles. The topological polar surface area (TPSA) is 97.7 Å². The number of aryl methyl sites for hydroxylation is 1. The summed E-state index contributed by atoms with van der Waals surface area (Å²) < 4.78 is 57.9. The van der Waals surface area contributed by atoms with Gasteiger partial charge in [0.1, 0.15) is 0 Å². The van der Waals surface area contributed by atoms with Gasteiger partial charge in [0.2, 0.25) is 0 Å². The van der Waals surface area contributed by atoms with Crippen molar-refractivity contribution in [3.8, 4) is 0 Å². The third-order valence-electron chi connectivity index (χ3n) is 4.22. The van der Waals surface area contributed by atoms with Crippen LogP contribution in [0.3, 0.4) is 0 Å². The van der Waals surface area contributed by atoms with Crippen LogP contribution in [-0.2, 0) is 30.6 Å². The van der Waals surface area contributed by atoms with Crippen LogP contribution in [0.25, 0.3) is 0 Å². The Labute approximate surface area is 158 Å². The van der Waals surface area contributed by atoms with Gasteiger partial charge in [-0.3, -0.25) is 4.55 Å². The summed E-state index contributed by atoms with van der Waals surface area (Å²) in [6.07, 6.45) is 12.3. The van der Waals surface area contributed by atoms with E-state index in [9.17, 15) is 16.8 Å². The lowest BCUT2D eigenvalue weighted by Gasteiger charge is -2.09. The highest BCUT2D eigenvalue weighted by Crippen LogP contribution is 2.21. The van der Waals surface area contributed by atoms with Gasteiger partial charge in [-0.05, 0) is 24.5 Å². The molecule has 1 aromatic carbocycles. The molecular formula is C18H30O6S2. The zero-order valence-electron chi connectivity index (χ0n) is 15.4. The summed E-state index contributed by atoms with van der Waals surface area (Å²) in [5.41, 5.74) is 0.496. The first kappa shape index (κ1) is 23.1. The summed E-state index contributed by atoms with van der Waals surface area (Å²) in [5, 5.41) is 0. The summed E-state index contributed by atoms with van der Waals surface area (Å²) in [4.78, 5) is -0.214. The maximum atomic E-state index is 12.0. The van der Waals surface area contributed by atoms with Crippen LogP contribution in [-0.4, -0.2) is 21.4 Å². The van der Waals surface area contributed by atoms with E-state index in [-0.39, 0.29) is 4.90 Å². The van der Waals surface area contributed by atoms with Crippen molar-refractivity contribution in [1.29, 1.82) is 0 Å². The maximum Gasteiger partial charge on any atom is 0.412 e. The minimum Gasteiger partial charge on any atom is -0.263 e. The molecule has 0 aromatic heterocycles. The Morgan fingerprint density at radius 3 is 1.85 bits per heavy atom.